The number of rotatable bonds is 7. The molecule has 2 heterocycles. The molecule has 3 aromatic rings. The Labute approximate surface area is 186 Å². The Balaban J connectivity index is 1.52. The number of primary sulfonamides is 1. The molecule has 0 bridgehead atoms. The molecule has 0 atom stereocenters. The first-order valence-electron chi connectivity index (χ1n) is 10.4. The number of likely N-dealkylation sites (tertiary alicyclic amines) is 1. The normalized spacial score (nSPS) is 14.5. The lowest BCUT2D eigenvalue weighted by Gasteiger charge is -2.15. The average Bonchev–Trinajstić information content (AvgIpc) is 3.40. The number of hydrogen-bond donors (Lipinski definition) is 1. The number of aryl methyl sites for hydroxylation is 1. The topological polar surface area (TPSA) is 98.3 Å². The zero-order chi connectivity index (χ0) is 22.0. The smallest absolute Gasteiger partial charge is 0.253 e. The van der Waals surface area contributed by atoms with Gasteiger partial charge in [0.2, 0.25) is 10.0 Å². The van der Waals surface area contributed by atoms with Crippen LogP contribution in [0.25, 0.3) is 11.0 Å². The lowest BCUT2D eigenvalue weighted by molar-refractivity contribution is 0.0793. The molecule has 0 spiro atoms. The van der Waals surface area contributed by atoms with Gasteiger partial charge >= 0.3 is 0 Å². The third-order valence-corrected chi connectivity index (χ3v) is 7.38. The van der Waals surface area contributed by atoms with Crippen molar-refractivity contribution in [2.75, 3.05) is 13.1 Å². The molecule has 1 saturated heterocycles. The molecule has 4 rings (SSSR count). The van der Waals surface area contributed by atoms with Crippen LogP contribution in [0.2, 0.25) is 0 Å². The van der Waals surface area contributed by atoms with Crippen molar-refractivity contribution in [1.82, 2.24) is 14.5 Å². The number of amides is 1. The van der Waals surface area contributed by atoms with E-state index < -0.39 is 10.0 Å². The first kappa shape index (κ1) is 21.9. The van der Waals surface area contributed by atoms with Crippen molar-refractivity contribution < 1.29 is 13.2 Å². The van der Waals surface area contributed by atoms with E-state index in [2.05, 4.69) is 16.5 Å². The third-order valence-electron chi connectivity index (χ3n) is 5.42. The van der Waals surface area contributed by atoms with Crippen molar-refractivity contribution in [3.8, 4) is 0 Å². The lowest BCUT2D eigenvalue weighted by atomic mass is 10.1. The van der Waals surface area contributed by atoms with Gasteiger partial charge in [-0.1, -0.05) is 30.8 Å². The molecule has 0 saturated carbocycles. The number of imidazole rings is 1. The predicted molar refractivity (Wildman–Crippen MR) is 123 cm³/mol. The molecular formula is C22H26N4O3S2. The number of nitrogens with two attached hydrogens (primary N) is 1. The summed E-state index contributed by atoms with van der Waals surface area (Å²) < 4.78 is 25.5. The summed E-state index contributed by atoms with van der Waals surface area (Å²) in [6.45, 7) is 4.57. The van der Waals surface area contributed by atoms with Crippen LogP contribution in [0.15, 0.2) is 52.5 Å². The monoisotopic (exact) mass is 458 g/mol. The molecule has 1 fully saturated rings. The number of sulfonamides is 1. The highest BCUT2D eigenvalue weighted by molar-refractivity contribution is 7.98. The van der Waals surface area contributed by atoms with Crippen molar-refractivity contribution in [3.05, 3.63) is 53.6 Å². The zero-order valence-corrected chi connectivity index (χ0v) is 19.1. The van der Waals surface area contributed by atoms with Crippen LogP contribution in [0.1, 0.15) is 42.1 Å². The van der Waals surface area contributed by atoms with Crippen molar-refractivity contribution >= 4 is 38.7 Å². The standard InChI is InChI=1S/C22H26N4O3S2/c1-2-11-26-20-10-9-18(31(23,28)29)14-19(20)24-22(26)30-15-16-5-7-17(8-6-16)21(27)25-12-3-4-13-25/h5-10,14H,2-4,11-13,15H2,1H3,(H2,23,28,29). The molecule has 0 radical (unpaired) electrons. The van der Waals surface area contributed by atoms with Crippen LogP contribution >= 0.6 is 11.8 Å². The summed E-state index contributed by atoms with van der Waals surface area (Å²) in [6.07, 6.45) is 3.10. The van der Waals surface area contributed by atoms with Gasteiger partial charge in [0.25, 0.3) is 5.91 Å². The van der Waals surface area contributed by atoms with E-state index in [0.717, 1.165) is 60.7 Å². The number of thioether (sulfide) groups is 1. The number of carbonyl (C=O) groups is 1. The van der Waals surface area contributed by atoms with Gasteiger partial charge in [0.05, 0.1) is 15.9 Å². The van der Waals surface area contributed by atoms with Crippen molar-refractivity contribution in [1.29, 1.82) is 0 Å². The van der Waals surface area contributed by atoms with Crippen LogP contribution in [0, 0.1) is 0 Å². The van der Waals surface area contributed by atoms with Crippen molar-refractivity contribution in [3.63, 3.8) is 0 Å². The van der Waals surface area contributed by atoms with Gasteiger partial charge in [-0.25, -0.2) is 18.5 Å². The minimum absolute atomic E-state index is 0.0657. The highest BCUT2D eigenvalue weighted by Crippen LogP contribution is 2.28. The van der Waals surface area contributed by atoms with E-state index in [0.29, 0.717) is 11.3 Å². The molecule has 164 valence electrons. The molecule has 1 amide bonds. The van der Waals surface area contributed by atoms with Crippen LogP contribution in [0.4, 0.5) is 0 Å². The Morgan fingerprint density at radius 2 is 1.84 bits per heavy atom. The van der Waals surface area contributed by atoms with E-state index in [4.69, 9.17) is 5.14 Å². The predicted octanol–water partition coefficient (Wildman–Crippen LogP) is 3.62. The van der Waals surface area contributed by atoms with E-state index in [1.54, 1.807) is 17.8 Å². The molecule has 1 aliphatic rings. The van der Waals surface area contributed by atoms with Gasteiger partial charge in [0.1, 0.15) is 0 Å². The van der Waals surface area contributed by atoms with E-state index in [9.17, 15) is 13.2 Å². The number of carbonyl (C=O) groups excluding carboxylic acids is 1. The Morgan fingerprint density at radius 3 is 2.48 bits per heavy atom. The van der Waals surface area contributed by atoms with Gasteiger partial charge in [0, 0.05) is 31.0 Å². The SMILES string of the molecule is CCCn1c(SCc2ccc(C(=O)N3CCCC3)cc2)nc2cc(S(N)(=O)=O)ccc21. The second kappa shape index (κ2) is 9.02. The summed E-state index contributed by atoms with van der Waals surface area (Å²) in [7, 11) is -3.77. The van der Waals surface area contributed by atoms with Gasteiger partial charge in [-0.3, -0.25) is 4.79 Å². The maximum Gasteiger partial charge on any atom is 0.253 e. The highest BCUT2D eigenvalue weighted by atomic mass is 32.2. The van der Waals surface area contributed by atoms with Gasteiger partial charge < -0.3 is 9.47 Å². The first-order valence-corrected chi connectivity index (χ1v) is 12.9. The summed E-state index contributed by atoms with van der Waals surface area (Å²) in [6, 6.07) is 12.6. The highest BCUT2D eigenvalue weighted by Gasteiger charge is 2.19. The molecule has 0 aliphatic carbocycles. The number of nitrogens with zero attached hydrogens (tertiary/aromatic N) is 3. The van der Waals surface area contributed by atoms with Gasteiger partial charge in [-0.2, -0.15) is 0 Å². The summed E-state index contributed by atoms with van der Waals surface area (Å²) in [4.78, 5) is 19.1. The zero-order valence-electron chi connectivity index (χ0n) is 17.5. The third kappa shape index (κ3) is 4.78. The van der Waals surface area contributed by atoms with Gasteiger partial charge in [-0.15, -0.1) is 0 Å². The maximum atomic E-state index is 12.5. The number of hydrogen-bond acceptors (Lipinski definition) is 5. The molecule has 31 heavy (non-hydrogen) atoms. The second-order valence-electron chi connectivity index (χ2n) is 7.73. The van der Waals surface area contributed by atoms with Crippen LogP contribution in [0.3, 0.4) is 0 Å². The lowest BCUT2D eigenvalue weighted by Crippen LogP contribution is -2.27. The van der Waals surface area contributed by atoms with E-state index in [1.807, 2.05) is 29.2 Å². The number of fused-ring (bicyclic) bond motifs is 1. The summed E-state index contributed by atoms with van der Waals surface area (Å²) in [5, 5.41) is 6.10. The fourth-order valence-electron chi connectivity index (χ4n) is 3.81. The summed E-state index contributed by atoms with van der Waals surface area (Å²) >= 11 is 1.59. The largest absolute Gasteiger partial charge is 0.339 e. The Morgan fingerprint density at radius 1 is 1.13 bits per heavy atom. The Kier molecular flexibility index (Phi) is 6.36. The molecule has 0 unspecified atom stereocenters. The van der Waals surface area contributed by atoms with Crippen LogP contribution in [-0.2, 0) is 22.3 Å². The first-order chi connectivity index (χ1) is 14.9. The Bertz CT molecular complexity index is 1200. The Hall–Kier alpha value is -2.36. The molecule has 9 heteroatoms. The quantitative estimate of drug-likeness (QED) is 0.545. The fourth-order valence-corrected chi connectivity index (χ4v) is 5.34. The van der Waals surface area contributed by atoms with Crippen LogP contribution in [-0.4, -0.2) is 41.9 Å². The van der Waals surface area contributed by atoms with E-state index in [-0.39, 0.29) is 10.8 Å². The van der Waals surface area contributed by atoms with Crippen molar-refractivity contribution in [2.24, 2.45) is 5.14 Å². The van der Waals surface area contributed by atoms with E-state index in [1.165, 1.54) is 12.1 Å². The average molecular weight is 459 g/mol. The fraction of sp³-hybridized carbons (Fsp3) is 0.364. The minimum atomic E-state index is -3.77. The molecule has 7 nitrogen and oxygen atoms in total. The molecule has 1 aromatic heterocycles. The molecular weight excluding hydrogens is 432 g/mol. The van der Waals surface area contributed by atoms with Crippen molar-refractivity contribution in [2.45, 2.75) is 48.5 Å². The van der Waals surface area contributed by atoms with Crippen LogP contribution < -0.4 is 5.14 Å². The molecule has 1 aliphatic heterocycles. The maximum absolute atomic E-state index is 12.5. The van der Waals surface area contributed by atoms with Gasteiger partial charge in [-0.05, 0) is 55.2 Å². The number of benzene rings is 2. The molecule has 2 aromatic carbocycles. The number of aromatic nitrogens is 2. The summed E-state index contributed by atoms with van der Waals surface area (Å²) in [5.41, 5.74) is 3.34. The van der Waals surface area contributed by atoms with Crippen LogP contribution in [0.5, 0.6) is 0 Å². The molecule has 2 N–H and O–H groups in total. The second-order valence-corrected chi connectivity index (χ2v) is 10.2. The summed E-state index contributed by atoms with van der Waals surface area (Å²) in [5.74, 6) is 0.805. The van der Waals surface area contributed by atoms with Gasteiger partial charge in [0.15, 0.2) is 5.16 Å². The van der Waals surface area contributed by atoms with E-state index >= 15 is 0 Å². The minimum Gasteiger partial charge on any atom is -0.339 e.